The van der Waals surface area contributed by atoms with Crippen LogP contribution in [0.1, 0.15) is 37.9 Å². The summed E-state index contributed by atoms with van der Waals surface area (Å²) in [7, 11) is 0. The second kappa shape index (κ2) is 5.65. The highest BCUT2D eigenvalue weighted by Gasteiger charge is 2.21. The zero-order valence-electron chi connectivity index (χ0n) is 11.2. The molecule has 0 aliphatic carbocycles. The summed E-state index contributed by atoms with van der Waals surface area (Å²) in [6.07, 6.45) is 1.17. The highest BCUT2D eigenvalue weighted by atomic mass is 15.2. The van der Waals surface area contributed by atoms with Gasteiger partial charge >= 0.3 is 0 Å². The molecule has 94 valence electrons. The molecule has 0 radical (unpaired) electrons. The molecule has 1 atom stereocenters. The number of nitrogens with one attached hydrogen (secondary N) is 1. The number of fused-ring (bicyclic) bond motifs is 1. The Morgan fingerprint density at radius 3 is 2.82 bits per heavy atom. The van der Waals surface area contributed by atoms with Crippen LogP contribution in [0.3, 0.4) is 0 Å². The molecule has 2 heteroatoms. The highest BCUT2D eigenvalue weighted by molar-refractivity contribution is 5.32. The van der Waals surface area contributed by atoms with Crippen LogP contribution >= 0.6 is 0 Å². The molecule has 2 nitrogen and oxygen atoms in total. The van der Waals surface area contributed by atoms with Crippen LogP contribution in [0.2, 0.25) is 0 Å². The van der Waals surface area contributed by atoms with Gasteiger partial charge in [0, 0.05) is 18.6 Å². The Labute approximate surface area is 105 Å². The molecule has 17 heavy (non-hydrogen) atoms. The predicted octanol–water partition coefficient (Wildman–Crippen LogP) is 2.60. The Bertz CT molecular complexity index is 360. The first kappa shape index (κ1) is 12.6. The predicted molar refractivity (Wildman–Crippen MR) is 73.3 cm³/mol. The van der Waals surface area contributed by atoms with Gasteiger partial charge in [0.15, 0.2) is 0 Å². The molecule has 1 aliphatic rings. The second-order valence-corrected chi connectivity index (χ2v) is 5.14. The minimum Gasteiger partial charge on any atom is -0.309 e. The van der Waals surface area contributed by atoms with Gasteiger partial charge in [-0.25, -0.2) is 0 Å². The lowest BCUT2D eigenvalue weighted by Crippen LogP contribution is -2.41. The summed E-state index contributed by atoms with van der Waals surface area (Å²) in [6, 6.07) is 9.99. The maximum absolute atomic E-state index is 3.65. The van der Waals surface area contributed by atoms with Crippen molar-refractivity contribution < 1.29 is 0 Å². The van der Waals surface area contributed by atoms with Gasteiger partial charge in [-0.05, 0) is 44.5 Å². The van der Waals surface area contributed by atoms with E-state index in [4.69, 9.17) is 0 Å². The standard InChI is InChI=1S/C15H24N2/c1-4-17(12(2)3)11-15-14-8-6-5-7-13(14)9-10-16-15/h5-8,12,15-16H,4,9-11H2,1-3H3. The summed E-state index contributed by atoms with van der Waals surface area (Å²) in [6.45, 7) is 10.1. The quantitative estimate of drug-likeness (QED) is 0.858. The van der Waals surface area contributed by atoms with Crippen LogP contribution in [0.15, 0.2) is 24.3 Å². The van der Waals surface area contributed by atoms with E-state index in [0.29, 0.717) is 12.1 Å². The smallest absolute Gasteiger partial charge is 0.0452 e. The topological polar surface area (TPSA) is 15.3 Å². The van der Waals surface area contributed by atoms with Crippen molar-refractivity contribution in [2.45, 2.75) is 39.3 Å². The van der Waals surface area contributed by atoms with Gasteiger partial charge in [-0.1, -0.05) is 31.2 Å². The molecule has 0 aromatic heterocycles. The summed E-state index contributed by atoms with van der Waals surface area (Å²) < 4.78 is 0. The maximum atomic E-state index is 3.65. The van der Waals surface area contributed by atoms with Gasteiger partial charge in [0.05, 0.1) is 0 Å². The second-order valence-electron chi connectivity index (χ2n) is 5.14. The monoisotopic (exact) mass is 232 g/mol. The third-order valence-corrected chi connectivity index (χ3v) is 3.77. The van der Waals surface area contributed by atoms with Crippen molar-refractivity contribution in [1.29, 1.82) is 0 Å². The third kappa shape index (κ3) is 2.88. The molecule has 0 amide bonds. The minimum absolute atomic E-state index is 0.502. The molecule has 0 saturated carbocycles. The SMILES string of the molecule is CCN(CC1NCCc2ccccc21)C(C)C. The third-order valence-electron chi connectivity index (χ3n) is 3.77. The molecule has 0 spiro atoms. The number of benzene rings is 1. The molecule has 1 N–H and O–H groups in total. The van der Waals surface area contributed by atoms with E-state index in [1.165, 1.54) is 17.5 Å². The zero-order valence-corrected chi connectivity index (χ0v) is 11.2. The van der Waals surface area contributed by atoms with Crippen LogP contribution in [0.4, 0.5) is 0 Å². The molecule has 0 bridgehead atoms. The van der Waals surface area contributed by atoms with E-state index in [1.54, 1.807) is 0 Å². The van der Waals surface area contributed by atoms with E-state index in [0.717, 1.165) is 19.6 Å². The van der Waals surface area contributed by atoms with Gasteiger partial charge in [-0.3, -0.25) is 4.90 Å². The maximum Gasteiger partial charge on any atom is 0.0452 e. The molecule has 0 saturated heterocycles. The first-order chi connectivity index (χ1) is 8.22. The average molecular weight is 232 g/mol. The molecule has 1 unspecified atom stereocenters. The largest absolute Gasteiger partial charge is 0.309 e. The lowest BCUT2D eigenvalue weighted by molar-refractivity contribution is 0.205. The number of hydrogen-bond acceptors (Lipinski definition) is 2. The van der Waals surface area contributed by atoms with Gasteiger partial charge in [0.2, 0.25) is 0 Å². The van der Waals surface area contributed by atoms with Crippen molar-refractivity contribution in [1.82, 2.24) is 10.2 Å². The van der Waals surface area contributed by atoms with Crippen LogP contribution in [0.25, 0.3) is 0 Å². The van der Waals surface area contributed by atoms with Gasteiger partial charge in [-0.15, -0.1) is 0 Å². The molecule has 1 aromatic carbocycles. The Kier molecular flexibility index (Phi) is 4.19. The molecule has 1 aromatic rings. The van der Waals surface area contributed by atoms with E-state index in [9.17, 15) is 0 Å². The number of hydrogen-bond donors (Lipinski definition) is 1. The van der Waals surface area contributed by atoms with Crippen molar-refractivity contribution >= 4 is 0 Å². The molecular formula is C15H24N2. The minimum atomic E-state index is 0.502. The van der Waals surface area contributed by atoms with E-state index in [1.807, 2.05) is 0 Å². The van der Waals surface area contributed by atoms with E-state index < -0.39 is 0 Å². The van der Waals surface area contributed by atoms with Gasteiger partial charge in [0.1, 0.15) is 0 Å². The molecule has 1 heterocycles. The first-order valence-corrected chi connectivity index (χ1v) is 6.77. The average Bonchev–Trinajstić information content (AvgIpc) is 2.35. The summed E-state index contributed by atoms with van der Waals surface area (Å²) >= 11 is 0. The summed E-state index contributed by atoms with van der Waals surface area (Å²) in [4.78, 5) is 2.53. The van der Waals surface area contributed by atoms with Crippen LogP contribution < -0.4 is 5.32 Å². The van der Waals surface area contributed by atoms with Crippen LogP contribution in [0.5, 0.6) is 0 Å². The van der Waals surface area contributed by atoms with E-state index >= 15 is 0 Å². The Hall–Kier alpha value is -0.860. The summed E-state index contributed by atoms with van der Waals surface area (Å²) in [5.41, 5.74) is 3.02. The van der Waals surface area contributed by atoms with Crippen LogP contribution in [0, 0.1) is 0 Å². The van der Waals surface area contributed by atoms with Crippen molar-refractivity contribution in [2.24, 2.45) is 0 Å². The Morgan fingerprint density at radius 1 is 1.35 bits per heavy atom. The fraction of sp³-hybridized carbons (Fsp3) is 0.600. The number of nitrogens with zero attached hydrogens (tertiary/aromatic N) is 1. The van der Waals surface area contributed by atoms with Crippen molar-refractivity contribution in [3.05, 3.63) is 35.4 Å². The number of likely N-dealkylation sites (N-methyl/N-ethyl adjacent to an activating group) is 1. The summed E-state index contributed by atoms with van der Waals surface area (Å²) in [5, 5.41) is 3.65. The molecular weight excluding hydrogens is 208 g/mol. The van der Waals surface area contributed by atoms with E-state index in [2.05, 4.69) is 55.3 Å². The van der Waals surface area contributed by atoms with Gasteiger partial charge in [-0.2, -0.15) is 0 Å². The Balaban J connectivity index is 2.13. The zero-order chi connectivity index (χ0) is 12.3. The van der Waals surface area contributed by atoms with Crippen molar-refractivity contribution in [3.8, 4) is 0 Å². The lowest BCUT2D eigenvalue weighted by atomic mass is 9.94. The first-order valence-electron chi connectivity index (χ1n) is 6.77. The summed E-state index contributed by atoms with van der Waals surface area (Å²) in [5.74, 6) is 0. The van der Waals surface area contributed by atoms with Crippen LogP contribution in [-0.2, 0) is 6.42 Å². The normalized spacial score (nSPS) is 19.7. The fourth-order valence-corrected chi connectivity index (χ4v) is 2.70. The van der Waals surface area contributed by atoms with Gasteiger partial charge in [0.25, 0.3) is 0 Å². The van der Waals surface area contributed by atoms with Crippen LogP contribution in [-0.4, -0.2) is 30.6 Å². The molecule has 2 rings (SSSR count). The van der Waals surface area contributed by atoms with Crippen molar-refractivity contribution in [2.75, 3.05) is 19.6 Å². The highest BCUT2D eigenvalue weighted by Crippen LogP contribution is 2.23. The number of rotatable bonds is 4. The lowest BCUT2D eigenvalue weighted by Gasteiger charge is -2.33. The van der Waals surface area contributed by atoms with Crippen molar-refractivity contribution in [3.63, 3.8) is 0 Å². The van der Waals surface area contributed by atoms with Gasteiger partial charge < -0.3 is 5.32 Å². The van der Waals surface area contributed by atoms with E-state index in [-0.39, 0.29) is 0 Å². The molecule has 1 aliphatic heterocycles. The Morgan fingerprint density at radius 2 is 2.12 bits per heavy atom. The molecule has 0 fully saturated rings. The fourth-order valence-electron chi connectivity index (χ4n) is 2.70.